The number of aliphatic hydroxyl groups excluding tert-OH is 2. The van der Waals surface area contributed by atoms with Gasteiger partial charge in [-0.25, -0.2) is 0 Å². The first-order valence-electron chi connectivity index (χ1n) is 11.9. The minimum atomic E-state index is -1.75. The monoisotopic (exact) mass is 530 g/mol. The summed E-state index contributed by atoms with van der Waals surface area (Å²) in [4.78, 5) is 20.3. The summed E-state index contributed by atoms with van der Waals surface area (Å²) in [7, 11) is -3.50. The van der Waals surface area contributed by atoms with Crippen LogP contribution in [0.5, 0.6) is 0 Å². The maximum absolute atomic E-state index is 10.2. The van der Waals surface area contributed by atoms with Crippen LogP contribution in [-0.2, 0) is 26.2 Å². The summed E-state index contributed by atoms with van der Waals surface area (Å²) in [5.41, 5.74) is 0. The Bertz CT molecular complexity index is 213. The van der Waals surface area contributed by atoms with Crippen molar-refractivity contribution in [3.63, 3.8) is 0 Å². The van der Waals surface area contributed by atoms with Crippen LogP contribution in [0, 0.1) is 0 Å². The van der Waals surface area contributed by atoms with Gasteiger partial charge in [0, 0.05) is 39.4 Å². The third-order valence-electron chi connectivity index (χ3n) is 4.29. The summed E-state index contributed by atoms with van der Waals surface area (Å²) in [6.07, 6.45) is 6.93. The molecule has 0 rings (SSSR count). The number of aliphatic hydroxyl groups is 2. The van der Waals surface area contributed by atoms with Crippen LogP contribution in [0.4, 0.5) is 0 Å². The molecule has 0 aromatic rings. The molecule has 0 amide bonds. The van der Waals surface area contributed by atoms with E-state index in [1.807, 2.05) is 0 Å². The zero-order chi connectivity index (χ0) is 22.9. The second-order valence-corrected chi connectivity index (χ2v) is 15.5. The number of hydrogen-bond donors (Lipinski definition) is 4. The van der Waals surface area contributed by atoms with Crippen LogP contribution < -0.4 is 0 Å². The van der Waals surface area contributed by atoms with Crippen LogP contribution in [0.15, 0.2) is 0 Å². The van der Waals surface area contributed by atoms with Crippen molar-refractivity contribution in [2.75, 3.05) is 13.2 Å². The molecule has 0 saturated carbocycles. The van der Waals surface area contributed by atoms with E-state index in [-0.39, 0.29) is 39.4 Å². The van der Waals surface area contributed by atoms with E-state index in [1.54, 1.807) is 13.8 Å². The second-order valence-electron chi connectivity index (χ2n) is 7.58. The molecule has 4 N–H and O–H groups in total. The van der Waals surface area contributed by atoms with Gasteiger partial charge in [0.15, 0.2) is 16.6 Å². The van der Waals surface area contributed by atoms with Crippen molar-refractivity contribution in [2.24, 2.45) is 0 Å². The zero-order valence-corrected chi connectivity index (χ0v) is 25.6. The van der Waals surface area contributed by atoms with Crippen molar-refractivity contribution in [3.05, 3.63) is 0 Å². The molecule has 0 spiro atoms. The fourth-order valence-electron chi connectivity index (χ4n) is 3.54. The smallest absolute Gasteiger partial charge is 0.188 e. The predicted octanol–water partition coefficient (Wildman–Crippen LogP) is 6.30. The number of rotatable bonds is 12. The Morgan fingerprint density at radius 2 is 0.517 bits per heavy atom. The molecule has 0 aliphatic carbocycles. The maximum atomic E-state index is 10.2. The van der Waals surface area contributed by atoms with Crippen LogP contribution >= 0.6 is 0 Å². The Balaban J connectivity index is -0.000000101. The van der Waals surface area contributed by atoms with Crippen molar-refractivity contribution >= 4 is 16.6 Å². The Morgan fingerprint density at radius 1 is 0.414 bits per heavy atom. The first kappa shape index (κ1) is 40.5. The molecule has 0 aromatic carbocycles. The van der Waals surface area contributed by atoms with Crippen molar-refractivity contribution in [2.45, 2.75) is 130 Å². The third-order valence-corrected chi connectivity index (χ3v) is 12.9. The van der Waals surface area contributed by atoms with Crippen LogP contribution in [0.3, 0.4) is 0 Å². The minimum absolute atomic E-state index is 0. The largest absolute Gasteiger partial charge is 0.432 e. The van der Waals surface area contributed by atoms with E-state index < -0.39 is 16.6 Å². The van der Waals surface area contributed by atoms with E-state index >= 15 is 0 Å². The van der Waals surface area contributed by atoms with Gasteiger partial charge in [0.1, 0.15) is 0 Å². The van der Waals surface area contributed by atoms with E-state index in [2.05, 4.69) is 41.5 Å². The predicted molar refractivity (Wildman–Crippen MR) is 132 cm³/mol. The molecule has 0 unspecified atom stereocenters. The third kappa shape index (κ3) is 34.0. The van der Waals surface area contributed by atoms with Crippen molar-refractivity contribution < 1.29 is 46.0 Å². The molecule has 0 saturated heterocycles. The Hall–Kier alpha value is 1.16. The fourth-order valence-corrected chi connectivity index (χ4v) is 10.6. The first-order chi connectivity index (χ1) is 13.2. The van der Waals surface area contributed by atoms with E-state index in [1.165, 1.54) is 0 Å². The van der Waals surface area contributed by atoms with Crippen LogP contribution in [0.1, 0.15) is 93.9 Å². The Kier molecular flexibility index (Phi) is 43.8. The quantitative estimate of drug-likeness (QED) is 0.223. The van der Waals surface area contributed by atoms with Gasteiger partial charge in [-0.3, -0.25) is 0 Å². The molecule has 0 aliphatic rings. The summed E-state index contributed by atoms with van der Waals surface area (Å²) in [6.45, 7) is 16.9. The molecular formula is C22H56O4Si2Zr. The van der Waals surface area contributed by atoms with Crippen LogP contribution in [0.25, 0.3) is 0 Å². The second kappa shape index (κ2) is 31.3. The van der Waals surface area contributed by atoms with Gasteiger partial charge >= 0.3 is 0 Å². The van der Waals surface area contributed by atoms with Gasteiger partial charge in [-0.05, 0) is 50.1 Å². The van der Waals surface area contributed by atoms with E-state index in [4.69, 9.17) is 10.2 Å². The van der Waals surface area contributed by atoms with E-state index in [0.717, 1.165) is 74.8 Å². The molecule has 7 heteroatoms. The fraction of sp³-hybridized carbons (Fsp3) is 1.00. The van der Waals surface area contributed by atoms with Crippen LogP contribution in [0.2, 0.25) is 36.3 Å². The molecule has 4 nitrogen and oxygen atoms in total. The van der Waals surface area contributed by atoms with E-state index in [0.29, 0.717) is 0 Å². The summed E-state index contributed by atoms with van der Waals surface area (Å²) >= 11 is 0. The van der Waals surface area contributed by atoms with E-state index in [9.17, 15) is 9.59 Å². The summed E-state index contributed by atoms with van der Waals surface area (Å²) in [5.74, 6) is 0. The maximum Gasteiger partial charge on any atom is 0.188 e. The van der Waals surface area contributed by atoms with Crippen molar-refractivity contribution in [3.8, 4) is 0 Å². The van der Waals surface area contributed by atoms with Gasteiger partial charge < -0.3 is 19.8 Å². The molecule has 0 bridgehead atoms. The Labute approximate surface area is 205 Å². The van der Waals surface area contributed by atoms with Crippen molar-refractivity contribution in [1.82, 2.24) is 0 Å². The summed E-state index contributed by atoms with van der Waals surface area (Å²) in [6, 6.07) is 6.64. The molecule has 0 aromatic heterocycles. The minimum Gasteiger partial charge on any atom is -0.432 e. The van der Waals surface area contributed by atoms with Crippen molar-refractivity contribution in [1.29, 1.82) is 0 Å². The standard InChI is InChI=1S/2C9H22OSi.2C2H6O.Zr/c2*1-4-7-11(10,8-5-2)9-6-3;2*1-2-3;/h2*10H,4-9H2,1-3H3;2*3H,2H2,1H3;. The summed E-state index contributed by atoms with van der Waals surface area (Å²) in [5, 5.41) is 15.1. The molecule has 0 fully saturated rings. The average molecular weight is 532 g/mol. The zero-order valence-electron chi connectivity index (χ0n) is 21.2. The summed E-state index contributed by atoms with van der Waals surface area (Å²) < 4.78 is 0. The normalized spacial score (nSPS) is 10.3. The molecule has 0 atom stereocenters. The molecular weight excluding hydrogens is 476 g/mol. The first-order valence-corrected chi connectivity index (χ1v) is 17.0. The molecule has 0 aliphatic heterocycles. The van der Waals surface area contributed by atoms with Gasteiger partial charge in [-0.2, -0.15) is 0 Å². The van der Waals surface area contributed by atoms with Gasteiger partial charge in [-0.15, -0.1) is 0 Å². The Morgan fingerprint density at radius 3 is 0.586 bits per heavy atom. The van der Waals surface area contributed by atoms with Crippen LogP contribution in [-0.4, -0.2) is 49.7 Å². The average Bonchev–Trinajstić information content (AvgIpc) is 2.58. The van der Waals surface area contributed by atoms with Gasteiger partial charge in [-0.1, -0.05) is 80.1 Å². The topological polar surface area (TPSA) is 80.9 Å². The molecule has 0 heterocycles. The van der Waals surface area contributed by atoms with Gasteiger partial charge in [0.05, 0.1) is 0 Å². The molecule has 180 valence electrons. The number of hydrogen-bond acceptors (Lipinski definition) is 4. The SMILES string of the molecule is CCC[Si](O)(CCC)CCC.CCC[Si](O)(CCC)CCC.CCO.CCO.[Zr]. The van der Waals surface area contributed by atoms with Gasteiger partial charge in [0.2, 0.25) is 0 Å². The molecule has 0 radical (unpaired) electrons. The molecule has 29 heavy (non-hydrogen) atoms. The van der Waals surface area contributed by atoms with Gasteiger partial charge in [0.25, 0.3) is 0 Å².